The van der Waals surface area contributed by atoms with Gasteiger partial charge in [-0.05, 0) is 18.2 Å². The largest absolute Gasteiger partial charge is 0.495 e. The molecule has 0 saturated carbocycles. The van der Waals surface area contributed by atoms with Crippen LogP contribution < -0.4 is 10.1 Å². The van der Waals surface area contributed by atoms with Crippen LogP contribution in [-0.4, -0.2) is 12.0 Å². The molecule has 0 bridgehead atoms. The van der Waals surface area contributed by atoms with E-state index in [9.17, 15) is 10.1 Å². The summed E-state index contributed by atoms with van der Waals surface area (Å²) in [5.74, 6) is 0.758. The first kappa shape index (κ1) is 11.9. The van der Waals surface area contributed by atoms with Gasteiger partial charge in [-0.25, -0.2) is 0 Å². The molecule has 0 unspecified atom stereocenters. The van der Waals surface area contributed by atoms with Gasteiger partial charge in [0.05, 0.1) is 23.4 Å². The molecular weight excluding hydrogens is 264 g/mol. The second-order valence-corrected chi connectivity index (χ2v) is 5.08. The molecule has 1 aliphatic heterocycles. The van der Waals surface area contributed by atoms with Crippen molar-refractivity contribution in [3.05, 3.63) is 46.5 Å². The van der Waals surface area contributed by atoms with E-state index < -0.39 is 0 Å². The van der Waals surface area contributed by atoms with Crippen molar-refractivity contribution in [3.8, 4) is 5.75 Å². The van der Waals surface area contributed by atoms with Crippen molar-refractivity contribution < 1.29 is 9.66 Å². The molecule has 0 saturated heterocycles. The van der Waals surface area contributed by atoms with Gasteiger partial charge in [0, 0.05) is 21.9 Å². The van der Waals surface area contributed by atoms with E-state index in [-0.39, 0.29) is 10.6 Å². The Kier molecular flexibility index (Phi) is 2.79. The van der Waals surface area contributed by atoms with Gasteiger partial charge < -0.3 is 10.1 Å². The molecule has 0 fully saturated rings. The van der Waals surface area contributed by atoms with Gasteiger partial charge in [0.25, 0.3) is 5.69 Å². The highest BCUT2D eigenvalue weighted by atomic mass is 32.2. The Labute approximate surface area is 113 Å². The van der Waals surface area contributed by atoms with Gasteiger partial charge in [-0.3, -0.25) is 10.1 Å². The highest BCUT2D eigenvalue weighted by molar-refractivity contribution is 7.99. The number of nitrogens with one attached hydrogen (secondary N) is 1. The molecule has 0 spiro atoms. The number of hydrogen-bond acceptors (Lipinski definition) is 5. The lowest BCUT2D eigenvalue weighted by molar-refractivity contribution is -0.385. The quantitative estimate of drug-likeness (QED) is 0.568. The maximum atomic E-state index is 10.8. The summed E-state index contributed by atoms with van der Waals surface area (Å²) in [6.07, 6.45) is 0. The maximum absolute atomic E-state index is 10.8. The van der Waals surface area contributed by atoms with Crippen LogP contribution in [0.4, 0.5) is 17.1 Å². The molecule has 1 heterocycles. The van der Waals surface area contributed by atoms with Crippen LogP contribution in [0.2, 0.25) is 0 Å². The Morgan fingerprint density at radius 2 is 2.11 bits per heavy atom. The summed E-state index contributed by atoms with van der Waals surface area (Å²) < 4.78 is 5.31. The van der Waals surface area contributed by atoms with E-state index in [2.05, 4.69) is 5.32 Å². The molecule has 0 atom stereocenters. The predicted molar refractivity (Wildman–Crippen MR) is 73.5 cm³/mol. The van der Waals surface area contributed by atoms with Gasteiger partial charge in [-0.1, -0.05) is 17.8 Å². The number of benzene rings is 2. The van der Waals surface area contributed by atoms with Gasteiger partial charge in [0.15, 0.2) is 0 Å². The first-order valence-corrected chi connectivity index (χ1v) is 6.41. The molecule has 0 radical (unpaired) electrons. The molecule has 6 heteroatoms. The van der Waals surface area contributed by atoms with Gasteiger partial charge in [0.2, 0.25) is 0 Å². The van der Waals surface area contributed by atoms with Crippen molar-refractivity contribution in [1.29, 1.82) is 0 Å². The summed E-state index contributed by atoms with van der Waals surface area (Å²) in [6.45, 7) is 0. The van der Waals surface area contributed by atoms with Gasteiger partial charge in [0.1, 0.15) is 5.75 Å². The number of para-hydroxylation sites is 1. The topological polar surface area (TPSA) is 64.4 Å². The molecule has 0 amide bonds. The maximum Gasteiger partial charge on any atom is 0.270 e. The molecular formula is C13H10N2O3S. The summed E-state index contributed by atoms with van der Waals surface area (Å²) in [6, 6.07) is 10.5. The van der Waals surface area contributed by atoms with Gasteiger partial charge in [-0.2, -0.15) is 0 Å². The minimum atomic E-state index is -0.387. The molecule has 1 N–H and O–H groups in total. The summed E-state index contributed by atoms with van der Waals surface area (Å²) in [7, 11) is 1.62. The number of anilines is 2. The van der Waals surface area contributed by atoms with Gasteiger partial charge in [-0.15, -0.1) is 0 Å². The Balaban J connectivity index is 2.06. The normalized spacial score (nSPS) is 12.1. The van der Waals surface area contributed by atoms with Crippen LogP contribution in [0.1, 0.15) is 0 Å². The number of hydrogen-bond donors (Lipinski definition) is 1. The van der Waals surface area contributed by atoms with Crippen LogP contribution in [0.3, 0.4) is 0 Å². The van der Waals surface area contributed by atoms with Crippen molar-refractivity contribution in [2.45, 2.75) is 9.79 Å². The second-order valence-electron chi connectivity index (χ2n) is 4.00. The average Bonchev–Trinajstić information content (AvgIpc) is 2.43. The zero-order valence-corrected chi connectivity index (χ0v) is 10.9. The lowest BCUT2D eigenvalue weighted by atomic mass is 10.2. The van der Waals surface area contributed by atoms with Crippen molar-refractivity contribution >= 4 is 28.8 Å². The fourth-order valence-corrected chi connectivity index (χ4v) is 3.00. The Hall–Kier alpha value is -2.21. The highest BCUT2D eigenvalue weighted by Crippen LogP contribution is 2.48. The van der Waals surface area contributed by atoms with E-state index >= 15 is 0 Å². The van der Waals surface area contributed by atoms with Crippen LogP contribution >= 0.6 is 11.8 Å². The smallest absolute Gasteiger partial charge is 0.270 e. The van der Waals surface area contributed by atoms with Crippen LogP contribution in [0.15, 0.2) is 46.2 Å². The summed E-state index contributed by atoms with van der Waals surface area (Å²) in [5, 5.41) is 14.0. The number of nitro benzene ring substituents is 1. The number of ether oxygens (including phenoxy) is 1. The minimum Gasteiger partial charge on any atom is -0.495 e. The first-order chi connectivity index (χ1) is 9.19. The zero-order chi connectivity index (χ0) is 13.4. The highest BCUT2D eigenvalue weighted by Gasteiger charge is 2.21. The molecule has 1 aliphatic rings. The lowest BCUT2D eigenvalue weighted by Gasteiger charge is -2.22. The number of rotatable bonds is 2. The Bertz CT molecular complexity index is 673. The molecule has 0 aromatic heterocycles. The van der Waals surface area contributed by atoms with Crippen LogP contribution in [0.25, 0.3) is 0 Å². The third-order valence-electron chi connectivity index (χ3n) is 2.86. The Morgan fingerprint density at radius 1 is 1.26 bits per heavy atom. The van der Waals surface area contributed by atoms with E-state index in [0.717, 1.165) is 26.9 Å². The van der Waals surface area contributed by atoms with Crippen molar-refractivity contribution in [1.82, 2.24) is 0 Å². The fourth-order valence-electron chi connectivity index (χ4n) is 1.95. The van der Waals surface area contributed by atoms with E-state index in [4.69, 9.17) is 4.74 Å². The standard InChI is InChI=1S/C13H10N2O3S/c1-18-10-3-2-4-11-13(10)14-9-6-5-8(15(16)17)7-12(9)19-11/h2-7,14H,1H3. The van der Waals surface area contributed by atoms with E-state index in [1.165, 1.54) is 17.8 Å². The second kappa shape index (κ2) is 4.47. The van der Waals surface area contributed by atoms with Gasteiger partial charge >= 0.3 is 0 Å². The van der Waals surface area contributed by atoms with Crippen LogP contribution in [-0.2, 0) is 0 Å². The number of non-ortho nitro benzene ring substituents is 1. The molecule has 2 aromatic carbocycles. The number of fused-ring (bicyclic) bond motifs is 2. The average molecular weight is 274 g/mol. The van der Waals surface area contributed by atoms with Crippen molar-refractivity contribution in [3.63, 3.8) is 0 Å². The van der Waals surface area contributed by atoms with Crippen LogP contribution in [0, 0.1) is 10.1 Å². The predicted octanol–water partition coefficient (Wildman–Crippen LogP) is 3.81. The number of nitrogens with zero attached hydrogens (tertiary/aromatic N) is 1. The van der Waals surface area contributed by atoms with E-state index in [0.29, 0.717) is 0 Å². The molecule has 5 nitrogen and oxygen atoms in total. The van der Waals surface area contributed by atoms with Crippen molar-refractivity contribution in [2.75, 3.05) is 12.4 Å². The fraction of sp³-hybridized carbons (Fsp3) is 0.0769. The number of methoxy groups -OCH3 is 1. The zero-order valence-electron chi connectivity index (χ0n) is 10.0. The minimum absolute atomic E-state index is 0.0967. The van der Waals surface area contributed by atoms with E-state index in [1.54, 1.807) is 19.2 Å². The third kappa shape index (κ3) is 2.00. The monoisotopic (exact) mass is 274 g/mol. The van der Waals surface area contributed by atoms with Crippen molar-refractivity contribution in [2.24, 2.45) is 0 Å². The Morgan fingerprint density at radius 3 is 2.84 bits per heavy atom. The molecule has 19 heavy (non-hydrogen) atoms. The number of nitro groups is 1. The summed E-state index contributed by atoms with van der Waals surface area (Å²) >= 11 is 1.50. The molecule has 2 aromatic rings. The molecule has 96 valence electrons. The summed E-state index contributed by atoms with van der Waals surface area (Å²) in [4.78, 5) is 12.2. The van der Waals surface area contributed by atoms with E-state index in [1.807, 2.05) is 18.2 Å². The SMILES string of the molecule is COc1cccc2c1Nc1ccc([N+](=O)[O-])cc1S2. The first-order valence-electron chi connectivity index (χ1n) is 5.59. The van der Waals surface area contributed by atoms with Crippen LogP contribution in [0.5, 0.6) is 5.75 Å². The lowest BCUT2D eigenvalue weighted by Crippen LogP contribution is -2.02. The third-order valence-corrected chi connectivity index (χ3v) is 3.98. The summed E-state index contributed by atoms with van der Waals surface area (Å²) in [5.41, 5.74) is 1.85. The molecule has 0 aliphatic carbocycles. The molecule has 3 rings (SSSR count).